The number of H-pyrrole nitrogens is 1. The van der Waals surface area contributed by atoms with E-state index in [2.05, 4.69) is 20.9 Å². The standard InChI is InChI=1S/C11H9BrF2N2S/c1-2-7-5-15-11(17)16(7)10-8(12)3-6(13)4-9(10)14/h3-5H,2H2,1H3,(H,15,17). The van der Waals surface area contributed by atoms with Gasteiger partial charge in [-0.05, 0) is 40.6 Å². The second kappa shape index (κ2) is 4.70. The number of hydrogen-bond donors (Lipinski definition) is 1. The third-order valence-electron chi connectivity index (χ3n) is 2.42. The fraction of sp³-hybridized carbons (Fsp3) is 0.182. The van der Waals surface area contributed by atoms with Gasteiger partial charge in [0.2, 0.25) is 0 Å². The van der Waals surface area contributed by atoms with E-state index in [1.165, 1.54) is 6.07 Å². The molecular formula is C11H9BrF2N2S. The molecule has 2 nitrogen and oxygen atoms in total. The minimum atomic E-state index is -0.651. The number of nitrogens with one attached hydrogen (secondary N) is 1. The van der Waals surface area contributed by atoms with Crippen LogP contribution in [0.5, 0.6) is 0 Å². The molecular weight excluding hydrogens is 310 g/mol. The number of hydrogen-bond acceptors (Lipinski definition) is 1. The lowest BCUT2D eigenvalue weighted by Crippen LogP contribution is -2.04. The van der Waals surface area contributed by atoms with Crippen molar-refractivity contribution in [1.82, 2.24) is 9.55 Å². The van der Waals surface area contributed by atoms with Crippen LogP contribution in [-0.4, -0.2) is 9.55 Å². The Bertz CT molecular complexity index is 595. The Balaban J connectivity index is 2.77. The summed E-state index contributed by atoms with van der Waals surface area (Å²) in [7, 11) is 0. The molecule has 0 saturated carbocycles. The van der Waals surface area contributed by atoms with Crippen LogP contribution in [0.1, 0.15) is 12.6 Å². The third kappa shape index (κ3) is 2.19. The number of nitrogens with zero attached hydrogens (tertiary/aromatic N) is 1. The van der Waals surface area contributed by atoms with Crippen LogP contribution in [0.25, 0.3) is 5.69 Å². The highest BCUT2D eigenvalue weighted by Gasteiger charge is 2.15. The molecule has 1 heterocycles. The lowest BCUT2D eigenvalue weighted by atomic mass is 10.2. The number of benzene rings is 1. The molecule has 0 unspecified atom stereocenters. The maximum absolute atomic E-state index is 13.8. The zero-order valence-electron chi connectivity index (χ0n) is 8.93. The van der Waals surface area contributed by atoms with Crippen molar-refractivity contribution in [3.63, 3.8) is 0 Å². The summed E-state index contributed by atoms with van der Waals surface area (Å²) in [5.74, 6) is -1.28. The molecule has 2 aromatic rings. The van der Waals surface area contributed by atoms with E-state index >= 15 is 0 Å². The Morgan fingerprint density at radius 1 is 1.41 bits per heavy atom. The summed E-state index contributed by atoms with van der Waals surface area (Å²) < 4.78 is 29.1. The fourth-order valence-corrected chi connectivity index (χ4v) is 2.51. The molecule has 0 amide bonds. The first kappa shape index (κ1) is 12.4. The van der Waals surface area contributed by atoms with Crippen molar-refractivity contribution in [2.45, 2.75) is 13.3 Å². The normalized spacial score (nSPS) is 10.8. The van der Waals surface area contributed by atoms with Gasteiger partial charge in [-0.25, -0.2) is 8.78 Å². The van der Waals surface area contributed by atoms with Gasteiger partial charge in [-0.2, -0.15) is 0 Å². The number of aryl methyl sites for hydroxylation is 1. The van der Waals surface area contributed by atoms with Crippen LogP contribution >= 0.6 is 28.1 Å². The van der Waals surface area contributed by atoms with Crippen LogP contribution in [-0.2, 0) is 6.42 Å². The summed E-state index contributed by atoms with van der Waals surface area (Å²) in [6.45, 7) is 1.93. The van der Waals surface area contributed by atoms with E-state index < -0.39 is 11.6 Å². The predicted octanol–water partition coefficient (Wildman–Crippen LogP) is 4.14. The van der Waals surface area contributed by atoms with Crippen LogP contribution < -0.4 is 0 Å². The highest BCUT2D eigenvalue weighted by Crippen LogP contribution is 2.27. The molecule has 1 aromatic carbocycles. The summed E-state index contributed by atoms with van der Waals surface area (Å²) in [4.78, 5) is 2.85. The summed E-state index contributed by atoms with van der Waals surface area (Å²) in [6.07, 6.45) is 2.41. The van der Waals surface area contributed by atoms with Crippen LogP contribution in [0.4, 0.5) is 8.78 Å². The molecule has 17 heavy (non-hydrogen) atoms. The highest BCUT2D eigenvalue weighted by atomic mass is 79.9. The zero-order chi connectivity index (χ0) is 12.6. The highest BCUT2D eigenvalue weighted by molar-refractivity contribution is 9.10. The summed E-state index contributed by atoms with van der Waals surface area (Å²) >= 11 is 8.26. The van der Waals surface area contributed by atoms with Crippen molar-refractivity contribution in [3.05, 3.63) is 44.9 Å². The number of halogens is 3. The van der Waals surface area contributed by atoms with Gasteiger partial charge >= 0.3 is 0 Å². The number of aromatic nitrogens is 2. The molecule has 6 heteroatoms. The van der Waals surface area contributed by atoms with Crippen molar-refractivity contribution in [2.24, 2.45) is 0 Å². The van der Waals surface area contributed by atoms with Gasteiger partial charge in [0.05, 0.1) is 5.69 Å². The molecule has 90 valence electrons. The topological polar surface area (TPSA) is 20.7 Å². The van der Waals surface area contributed by atoms with Crippen LogP contribution in [0.2, 0.25) is 0 Å². The van der Waals surface area contributed by atoms with Crippen molar-refractivity contribution < 1.29 is 8.78 Å². The average molecular weight is 319 g/mol. The Morgan fingerprint density at radius 3 is 2.71 bits per heavy atom. The van der Waals surface area contributed by atoms with Gasteiger partial charge in [0, 0.05) is 22.4 Å². The first-order chi connectivity index (χ1) is 8.04. The molecule has 0 spiro atoms. The molecule has 1 aromatic heterocycles. The number of imidazole rings is 1. The van der Waals surface area contributed by atoms with E-state index in [0.717, 1.165) is 11.8 Å². The van der Waals surface area contributed by atoms with E-state index in [9.17, 15) is 8.78 Å². The minimum absolute atomic E-state index is 0.231. The summed E-state index contributed by atoms with van der Waals surface area (Å²) in [6, 6.07) is 2.06. The first-order valence-corrected chi connectivity index (χ1v) is 6.19. The second-order valence-electron chi connectivity index (χ2n) is 3.49. The molecule has 0 atom stereocenters. The molecule has 0 fully saturated rings. The van der Waals surface area contributed by atoms with Gasteiger partial charge < -0.3 is 4.98 Å². The summed E-state index contributed by atoms with van der Waals surface area (Å²) in [5.41, 5.74) is 1.07. The molecule has 0 aliphatic heterocycles. The Morgan fingerprint density at radius 2 is 2.12 bits per heavy atom. The van der Waals surface area contributed by atoms with E-state index in [-0.39, 0.29) is 5.69 Å². The van der Waals surface area contributed by atoms with Gasteiger partial charge in [0.15, 0.2) is 10.6 Å². The van der Waals surface area contributed by atoms with E-state index in [4.69, 9.17) is 12.2 Å². The van der Waals surface area contributed by atoms with Crippen molar-refractivity contribution in [1.29, 1.82) is 0 Å². The molecule has 0 aliphatic carbocycles. The Hall–Kier alpha value is -1.01. The number of aromatic amines is 1. The quantitative estimate of drug-likeness (QED) is 0.825. The van der Waals surface area contributed by atoms with Gasteiger partial charge in [-0.1, -0.05) is 6.92 Å². The lowest BCUT2D eigenvalue weighted by Gasteiger charge is -2.10. The smallest absolute Gasteiger partial charge is 0.182 e. The van der Waals surface area contributed by atoms with E-state index in [1.54, 1.807) is 10.8 Å². The van der Waals surface area contributed by atoms with Gasteiger partial charge in [-0.3, -0.25) is 4.57 Å². The van der Waals surface area contributed by atoms with Crippen molar-refractivity contribution in [2.75, 3.05) is 0 Å². The maximum atomic E-state index is 13.8. The van der Waals surface area contributed by atoms with Gasteiger partial charge in [0.1, 0.15) is 5.82 Å². The largest absolute Gasteiger partial charge is 0.337 e. The number of rotatable bonds is 2. The lowest BCUT2D eigenvalue weighted by molar-refractivity contribution is 0.574. The van der Waals surface area contributed by atoms with Gasteiger partial charge in [-0.15, -0.1) is 0 Å². The van der Waals surface area contributed by atoms with Crippen LogP contribution in [0.15, 0.2) is 22.8 Å². The fourth-order valence-electron chi connectivity index (χ4n) is 1.66. The molecule has 2 rings (SSSR count). The predicted molar refractivity (Wildman–Crippen MR) is 67.9 cm³/mol. The molecule has 0 radical (unpaired) electrons. The van der Waals surface area contributed by atoms with Crippen LogP contribution in [0.3, 0.4) is 0 Å². The van der Waals surface area contributed by atoms with Gasteiger partial charge in [0.25, 0.3) is 0 Å². The SMILES string of the molecule is CCc1c[nH]c(=S)n1-c1c(F)cc(F)cc1Br. The average Bonchev–Trinajstić information content (AvgIpc) is 2.59. The van der Waals surface area contributed by atoms with Crippen molar-refractivity contribution in [3.8, 4) is 5.69 Å². The summed E-state index contributed by atoms with van der Waals surface area (Å²) in [5, 5.41) is 0. The third-order valence-corrected chi connectivity index (χ3v) is 3.32. The first-order valence-electron chi connectivity index (χ1n) is 4.98. The van der Waals surface area contributed by atoms with Crippen LogP contribution in [0, 0.1) is 16.4 Å². The maximum Gasteiger partial charge on any atom is 0.182 e. The minimum Gasteiger partial charge on any atom is -0.337 e. The van der Waals surface area contributed by atoms with E-state index in [1.807, 2.05) is 6.92 Å². The Labute approximate surface area is 110 Å². The monoisotopic (exact) mass is 318 g/mol. The Kier molecular flexibility index (Phi) is 3.44. The zero-order valence-corrected chi connectivity index (χ0v) is 11.3. The van der Waals surface area contributed by atoms with Crippen molar-refractivity contribution >= 4 is 28.1 Å². The molecule has 1 N–H and O–H groups in total. The second-order valence-corrected chi connectivity index (χ2v) is 4.73. The molecule has 0 bridgehead atoms. The van der Waals surface area contributed by atoms with E-state index in [0.29, 0.717) is 15.7 Å². The molecule has 0 saturated heterocycles. The molecule has 0 aliphatic rings.